The summed E-state index contributed by atoms with van der Waals surface area (Å²) in [5, 5.41) is 35.5. The van der Waals surface area contributed by atoms with Crippen LogP contribution in [-0.2, 0) is 0 Å². The van der Waals surface area contributed by atoms with Crippen LogP contribution in [0.2, 0.25) is 0 Å². The van der Waals surface area contributed by atoms with E-state index < -0.39 is 4.92 Å². The van der Waals surface area contributed by atoms with Crippen LogP contribution < -0.4 is 9.80 Å². The summed E-state index contributed by atoms with van der Waals surface area (Å²) in [6, 6.07) is 5.67. The second-order valence-electron chi connectivity index (χ2n) is 8.82. The van der Waals surface area contributed by atoms with Gasteiger partial charge in [0.2, 0.25) is 0 Å². The van der Waals surface area contributed by atoms with Crippen molar-refractivity contribution in [1.82, 2.24) is 20.4 Å². The lowest BCUT2D eigenvalue weighted by Gasteiger charge is -2.36. The highest BCUT2D eigenvalue weighted by Crippen LogP contribution is 2.40. The summed E-state index contributed by atoms with van der Waals surface area (Å²) in [5.41, 5.74) is 3.87. The van der Waals surface area contributed by atoms with Crippen molar-refractivity contribution in [3.63, 3.8) is 0 Å². The van der Waals surface area contributed by atoms with Crippen molar-refractivity contribution in [2.75, 3.05) is 36.0 Å². The van der Waals surface area contributed by atoms with Crippen LogP contribution in [0, 0.1) is 21.4 Å². The topological polar surface area (TPSA) is 131 Å². The molecule has 5 rings (SSSR count). The van der Waals surface area contributed by atoms with E-state index in [9.17, 15) is 15.4 Å². The molecule has 2 N–H and O–H groups in total. The summed E-state index contributed by atoms with van der Waals surface area (Å²) >= 11 is 0. The Kier molecular flexibility index (Phi) is 5.69. The number of nitro groups is 1. The molecule has 0 atom stereocenters. The van der Waals surface area contributed by atoms with E-state index in [1.165, 1.54) is 11.1 Å². The number of anilines is 2. The van der Waals surface area contributed by atoms with Gasteiger partial charge < -0.3 is 9.80 Å². The van der Waals surface area contributed by atoms with Crippen molar-refractivity contribution < 1.29 is 4.92 Å². The number of nitrogens with zero attached hydrogens (tertiary/aromatic N) is 6. The van der Waals surface area contributed by atoms with Gasteiger partial charge in [0.25, 0.3) is 0 Å². The lowest BCUT2D eigenvalue weighted by molar-refractivity contribution is -0.384. The van der Waals surface area contributed by atoms with Crippen LogP contribution in [0.3, 0.4) is 0 Å². The second kappa shape index (κ2) is 8.94. The van der Waals surface area contributed by atoms with Crippen LogP contribution in [0.4, 0.5) is 17.1 Å². The zero-order valence-corrected chi connectivity index (χ0v) is 18.3. The van der Waals surface area contributed by atoms with Crippen molar-refractivity contribution >= 4 is 17.1 Å². The SMILES string of the molecule is N#Cc1cc(N2CCC(c3cn[nH]c3)CC2)cc(N2CCC(c3cn[nH]c3)CC2)c1[N+](=O)[O-]. The number of rotatable bonds is 5. The molecule has 10 nitrogen and oxygen atoms in total. The molecule has 4 heterocycles. The Bertz CT molecular complexity index is 1140. The largest absolute Gasteiger partial charge is 0.371 e. The number of benzene rings is 1. The Morgan fingerprint density at radius 1 is 0.939 bits per heavy atom. The molecule has 0 spiro atoms. The quantitative estimate of drug-likeness (QED) is 0.451. The van der Waals surface area contributed by atoms with E-state index in [1.807, 2.05) is 30.9 Å². The summed E-state index contributed by atoms with van der Waals surface area (Å²) < 4.78 is 0. The van der Waals surface area contributed by atoms with Crippen molar-refractivity contribution in [2.24, 2.45) is 0 Å². The molecule has 0 aliphatic carbocycles. The van der Waals surface area contributed by atoms with Gasteiger partial charge in [0.15, 0.2) is 0 Å². The molecule has 3 aromatic rings. The smallest absolute Gasteiger partial charge is 0.310 e. The fourth-order valence-corrected chi connectivity index (χ4v) is 5.20. The summed E-state index contributed by atoms with van der Waals surface area (Å²) in [7, 11) is 0. The number of hydrogen-bond acceptors (Lipinski definition) is 7. The highest BCUT2D eigenvalue weighted by Gasteiger charge is 2.31. The number of piperidine rings is 2. The fraction of sp³-hybridized carbons (Fsp3) is 0.435. The van der Waals surface area contributed by atoms with Gasteiger partial charge in [0.05, 0.1) is 17.3 Å². The highest BCUT2D eigenvalue weighted by atomic mass is 16.6. The third-order valence-electron chi connectivity index (χ3n) is 7.05. The molecular weight excluding hydrogens is 420 g/mol. The van der Waals surface area contributed by atoms with Crippen LogP contribution in [0.25, 0.3) is 0 Å². The maximum Gasteiger partial charge on any atom is 0.310 e. The fourth-order valence-electron chi connectivity index (χ4n) is 5.20. The maximum atomic E-state index is 12.0. The number of H-pyrrole nitrogens is 2. The normalized spacial score (nSPS) is 17.8. The van der Waals surface area contributed by atoms with Crippen molar-refractivity contribution in [3.8, 4) is 6.07 Å². The van der Waals surface area contributed by atoms with Gasteiger partial charge in [-0.15, -0.1) is 0 Å². The highest BCUT2D eigenvalue weighted by molar-refractivity contribution is 5.76. The predicted octanol–water partition coefficient (Wildman–Crippen LogP) is 3.68. The summed E-state index contributed by atoms with van der Waals surface area (Å²) in [6.45, 7) is 3.07. The first kappa shape index (κ1) is 21.0. The minimum atomic E-state index is -0.412. The van der Waals surface area contributed by atoms with Crippen molar-refractivity contribution in [2.45, 2.75) is 37.5 Å². The molecule has 170 valence electrons. The van der Waals surface area contributed by atoms with Gasteiger partial charge in [0, 0.05) is 44.3 Å². The number of nitriles is 1. The molecule has 0 unspecified atom stereocenters. The van der Waals surface area contributed by atoms with Gasteiger partial charge in [-0.1, -0.05) is 0 Å². The van der Waals surface area contributed by atoms with E-state index in [-0.39, 0.29) is 11.3 Å². The average molecular weight is 447 g/mol. The molecule has 2 fully saturated rings. The summed E-state index contributed by atoms with van der Waals surface area (Å²) in [6.07, 6.45) is 11.3. The van der Waals surface area contributed by atoms with Gasteiger partial charge in [-0.25, -0.2) is 0 Å². The maximum absolute atomic E-state index is 12.0. The van der Waals surface area contributed by atoms with Gasteiger partial charge in [-0.05, 0) is 60.8 Å². The molecule has 2 aliphatic heterocycles. The molecule has 0 radical (unpaired) electrons. The van der Waals surface area contributed by atoms with Gasteiger partial charge in [-0.2, -0.15) is 15.5 Å². The van der Waals surface area contributed by atoms with Crippen molar-refractivity contribution in [3.05, 3.63) is 63.7 Å². The number of nitrogens with one attached hydrogen (secondary N) is 2. The van der Waals surface area contributed by atoms with E-state index >= 15 is 0 Å². The standard InChI is InChI=1S/C23H26N8O2/c24-11-18-9-21(29-5-1-16(2-6-29)19-12-25-26-13-19)10-22(23(18)31(32)33)30-7-3-17(4-8-30)20-14-27-28-15-20/h9-10,12-17H,1-8H2,(H,25,26)(H,27,28). The molecule has 0 bridgehead atoms. The molecular formula is C23H26N8O2. The van der Waals surface area contributed by atoms with E-state index in [0.29, 0.717) is 30.6 Å². The molecule has 0 saturated carbocycles. The van der Waals surface area contributed by atoms with Crippen LogP contribution in [0.15, 0.2) is 36.9 Å². The van der Waals surface area contributed by atoms with E-state index in [4.69, 9.17) is 0 Å². The van der Waals surface area contributed by atoms with Crippen LogP contribution >= 0.6 is 0 Å². The predicted molar refractivity (Wildman–Crippen MR) is 123 cm³/mol. The molecule has 1 aromatic carbocycles. The Hall–Kier alpha value is -3.87. The molecule has 33 heavy (non-hydrogen) atoms. The molecule has 2 aliphatic rings. The first-order chi connectivity index (χ1) is 16.1. The first-order valence-corrected chi connectivity index (χ1v) is 11.3. The minimum Gasteiger partial charge on any atom is -0.371 e. The zero-order chi connectivity index (χ0) is 22.8. The molecule has 0 amide bonds. The Labute approximate surface area is 191 Å². The Balaban J connectivity index is 1.38. The third-order valence-corrected chi connectivity index (χ3v) is 7.05. The van der Waals surface area contributed by atoms with Crippen LogP contribution in [0.1, 0.15) is 54.2 Å². The van der Waals surface area contributed by atoms with E-state index in [1.54, 1.807) is 6.07 Å². The van der Waals surface area contributed by atoms with Gasteiger partial charge >= 0.3 is 5.69 Å². The lowest BCUT2D eigenvalue weighted by atomic mass is 9.90. The van der Waals surface area contributed by atoms with Crippen molar-refractivity contribution in [1.29, 1.82) is 5.26 Å². The number of nitro benzene ring substituents is 1. The van der Waals surface area contributed by atoms with E-state index in [2.05, 4.69) is 36.3 Å². The molecule has 2 saturated heterocycles. The zero-order valence-electron chi connectivity index (χ0n) is 18.3. The summed E-state index contributed by atoms with van der Waals surface area (Å²) in [5.74, 6) is 0.842. The number of aromatic nitrogens is 4. The summed E-state index contributed by atoms with van der Waals surface area (Å²) in [4.78, 5) is 15.8. The number of aromatic amines is 2. The van der Waals surface area contributed by atoms with E-state index in [0.717, 1.165) is 44.5 Å². The lowest BCUT2D eigenvalue weighted by Crippen LogP contribution is -2.35. The Morgan fingerprint density at radius 3 is 1.94 bits per heavy atom. The monoisotopic (exact) mass is 446 g/mol. The molecule has 2 aromatic heterocycles. The molecule has 10 heteroatoms. The minimum absolute atomic E-state index is 0.0868. The third kappa shape index (κ3) is 4.14. The van der Waals surface area contributed by atoms with Crippen LogP contribution in [-0.4, -0.2) is 51.5 Å². The van der Waals surface area contributed by atoms with Gasteiger partial charge in [0.1, 0.15) is 17.3 Å². The average Bonchev–Trinajstić information content (AvgIpc) is 3.58. The van der Waals surface area contributed by atoms with Gasteiger partial charge in [-0.3, -0.25) is 20.3 Å². The Morgan fingerprint density at radius 2 is 1.48 bits per heavy atom. The van der Waals surface area contributed by atoms with Crippen LogP contribution in [0.5, 0.6) is 0 Å². The number of hydrogen-bond donors (Lipinski definition) is 2. The second-order valence-corrected chi connectivity index (χ2v) is 8.82. The first-order valence-electron chi connectivity index (χ1n) is 11.3.